The van der Waals surface area contributed by atoms with E-state index in [-0.39, 0.29) is 11.3 Å². The molecule has 0 saturated heterocycles. The van der Waals surface area contributed by atoms with Crippen molar-refractivity contribution in [1.82, 2.24) is 15.3 Å². The van der Waals surface area contributed by atoms with Gasteiger partial charge in [0, 0.05) is 32.0 Å². The molecule has 0 fully saturated rings. The molecule has 176 valence electrons. The number of aromatic nitrogens is 1. The third-order valence-electron chi connectivity index (χ3n) is 5.29. The van der Waals surface area contributed by atoms with E-state index in [1.165, 1.54) is 6.21 Å². The lowest BCUT2D eigenvalue weighted by Gasteiger charge is -2.21. The van der Waals surface area contributed by atoms with E-state index in [0.717, 1.165) is 30.0 Å². The van der Waals surface area contributed by atoms with Crippen molar-refractivity contribution in [3.05, 3.63) is 94.4 Å². The fourth-order valence-electron chi connectivity index (χ4n) is 3.36. The number of carbonyl (C=O) groups is 2. The maximum absolute atomic E-state index is 12.9. The Hall–Kier alpha value is -3.84. The van der Waals surface area contributed by atoms with Gasteiger partial charge in [0.15, 0.2) is 0 Å². The van der Waals surface area contributed by atoms with Crippen molar-refractivity contribution in [3.63, 3.8) is 0 Å². The van der Waals surface area contributed by atoms with Crippen LogP contribution in [-0.4, -0.2) is 35.7 Å². The zero-order valence-corrected chi connectivity index (χ0v) is 20.2. The average Bonchev–Trinajstić information content (AvgIpc) is 3.25. The highest BCUT2D eigenvalue weighted by Gasteiger charge is 2.16. The molecule has 0 radical (unpaired) electrons. The molecule has 2 amide bonds. The molecule has 0 aliphatic carbocycles. The largest absolute Gasteiger partial charge is 0.372 e. The number of benzene rings is 2. The van der Waals surface area contributed by atoms with Crippen LogP contribution in [-0.2, 0) is 11.8 Å². The quantitative estimate of drug-likeness (QED) is 0.271. The molecule has 2 aromatic carbocycles. The van der Waals surface area contributed by atoms with Crippen LogP contribution in [0.25, 0.3) is 6.08 Å². The summed E-state index contributed by atoms with van der Waals surface area (Å²) >= 11 is 6.16. The van der Waals surface area contributed by atoms with E-state index >= 15 is 0 Å². The minimum atomic E-state index is -0.557. The number of aryl methyl sites for hydroxylation is 1. The third-order valence-corrected chi connectivity index (χ3v) is 5.62. The van der Waals surface area contributed by atoms with E-state index in [1.54, 1.807) is 30.3 Å². The van der Waals surface area contributed by atoms with Crippen LogP contribution in [0.4, 0.5) is 5.69 Å². The number of amides is 2. The number of rotatable bonds is 9. The summed E-state index contributed by atoms with van der Waals surface area (Å²) in [6.07, 6.45) is 5.01. The number of anilines is 1. The van der Waals surface area contributed by atoms with Gasteiger partial charge in [-0.1, -0.05) is 35.9 Å². The van der Waals surface area contributed by atoms with Crippen LogP contribution < -0.4 is 15.6 Å². The summed E-state index contributed by atoms with van der Waals surface area (Å²) in [4.78, 5) is 28.0. The Morgan fingerprint density at radius 1 is 1.03 bits per heavy atom. The fraction of sp³-hybridized carbons (Fsp3) is 0.192. The Morgan fingerprint density at radius 2 is 1.74 bits per heavy atom. The molecule has 1 aromatic heterocycles. The number of hydrogen-bond donors (Lipinski definition) is 2. The minimum absolute atomic E-state index is 0.0459. The lowest BCUT2D eigenvalue weighted by Crippen LogP contribution is -2.33. The first kappa shape index (κ1) is 24.8. The van der Waals surface area contributed by atoms with E-state index in [2.05, 4.69) is 34.6 Å². The van der Waals surface area contributed by atoms with Gasteiger partial charge in [-0.05, 0) is 61.9 Å². The molecular formula is C26H28ClN5O2. The first-order valence-electron chi connectivity index (χ1n) is 11.0. The maximum Gasteiger partial charge on any atom is 0.287 e. The summed E-state index contributed by atoms with van der Waals surface area (Å²) in [5, 5.41) is 6.99. The monoisotopic (exact) mass is 477 g/mol. The Morgan fingerprint density at radius 3 is 2.35 bits per heavy atom. The molecule has 0 spiro atoms. The predicted molar refractivity (Wildman–Crippen MR) is 138 cm³/mol. The summed E-state index contributed by atoms with van der Waals surface area (Å²) in [7, 11) is 1.88. The third kappa shape index (κ3) is 6.36. The highest BCUT2D eigenvalue weighted by Crippen LogP contribution is 2.18. The average molecular weight is 478 g/mol. The second-order valence-electron chi connectivity index (χ2n) is 7.50. The van der Waals surface area contributed by atoms with E-state index in [0.29, 0.717) is 5.02 Å². The molecule has 3 rings (SSSR count). The van der Waals surface area contributed by atoms with Crippen molar-refractivity contribution >= 4 is 41.4 Å². The van der Waals surface area contributed by atoms with Crippen LogP contribution in [0.5, 0.6) is 0 Å². The molecule has 0 bridgehead atoms. The van der Waals surface area contributed by atoms with Gasteiger partial charge in [-0.15, -0.1) is 0 Å². The van der Waals surface area contributed by atoms with Crippen LogP contribution in [0.1, 0.15) is 35.5 Å². The van der Waals surface area contributed by atoms with Gasteiger partial charge < -0.3 is 14.8 Å². The standard InChI is InChI=1S/C26H28ClN5O2/c1-4-32(5-2)20-14-12-19(13-15-20)17-24(29-25(33)22-10-6-7-11-23(22)27)26(34)30-28-18-21-9-8-16-31(21)3/h6-18H,4-5H2,1-3H3,(H,29,33)(H,30,34)/b24-17+,28-18+. The molecule has 0 aliphatic rings. The van der Waals surface area contributed by atoms with E-state index in [1.807, 2.05) is 54.2 Å². The molecule has 1 heterocycles. The van der Waals surface area contributed by atoms with Gasteiger partial charge in [0.25, 0.3) is 11.8 Å². The summed E-state index contributed by atoms with van der Waals surface area (Å²) in [6, 6.07) is 18.2. The van der Waals surface area contributed by atoms with E-state index in [9.17, 15) is 9.59 Å². The second kappa shape index (κ2) is 11.9. The Bertz CT molecular complexity index is 1190. The van der Waals surface area contributed by atoms with Crippen LogP contribution in [0.3, 0.4) is 0 Å². The lowest BCUT2D eigenvalue weighted by atomic mass is 10.1. The van der Waals surface area contributed by atoms with Crippen molar-refractivity contribution in [1.29, 1.82) is 0 Å². The molecule has 2 N–H and O–H groups in total. The molecule has 0 unspecified atom stereocenters. The Labute approximate surface area is 204 Å². The molecular weight excluding hydrogens is 450 g/mol. The van der Waals surface area contributed by atoms with Crippen molar-refractivity contribution < 1.29 is 9.59 Å². The second-order valence-corrected chi connectivity index (χ2v) is 7.91. The SMILES string of the molecule is CCN(CC)c1ccc(/C=C(/NC(=O)c2ccccc2Cl)C(=O)N/N=C/c2cccn2C)cc1. The molecule has 0 atom stereocenters. The van der Waals surface area contributed by atoms with Crippen LogP contribution in [0.2, 0.25) is 5.02 Å². The molecule has 7 nitrogen and oxygen atoms in total. The lowest BCUT2D eigenvalue weighted by molar-refractivity contribution is -0.117. The van der Waals surface area contributed by atoms with Crippen molar-refractivity contribution in [2.75, 3.05) is 18.0 Å². The van der Waals surface area contributed by atoms with Crippen molar-refractivity contribution in [2.45, 2.75) is 13.8 Å². The summed E-state index contributed by atoms with van der Waals surface area (Å²) in [5.74, 6) is -1.04. The van der Waals surface area contributed by atoms with Crippen molar-refractivity contribution in [2.24, 2.45) is 12.1 Å². The zero-order chi connectivity index (χ0) is 24.5. The Kier molecular flexibility index (Phi) is 8.65. The van der Waals surface area contributed by atoms with E-state index in [4.69, 9.17) is 11.6 Å². The first-order valence-corrected chi connectivity index (χ1v) is 11.4. The van der Waals surface area contributed by atoms with Gasteiger partial charge >= 0.3 is 0 Å². The van der Waals surface area contributed by atoms with Gasteiger partial charge in [-0.25, -0.2) is 5.43 Å². The number of nitrogens with zero attached hydrogens (tertiary/aromatic N) is 3. The van der Waals surface area contributed by atoms with Gasteiger partial charge in [0.2, 0.25) is 0 Å². The number of hydrogen-bond acceptors (Lipinski definition) is 4. The highest BCUT2D eigenvalue weighted by molar-refractivity contribution is 6.34. The number of carbonyl (C=O) groups excluding carboxylic acids is 2. The minimum Gasteiger partial charge on any atom is -0.372 e. The van der Waals surface area contributed by atoms with Crippen molar-refractivity contribution in [3.8, 4) is 0 Å². The molecule has 0 aliphatic heterocycles. The molecule has 3 aromatic rings. The number of halogens is 1. The van der Waals surface area contributed by atoms with E-state index < -0.39 is 11.8 Å². The summed E-state index contributed by atoms with van der Waals surface area (Å²) < 4.78 is 1.86. The normalized spacial score (nSPS) is 11.5. The van der Waals surface area contributed by atoms with Gasteiger partial charge in [-0.3, -0.25) is 9.59 Å². The van der Waals surface area contributed by atoms with Gasteiger partial charge in [0.1, 0.15) is 5.70 Å². The Balaban J connectivity index is 1.85. The molecule has 0 saturated carbocycles. The predicted octanol–water partition coefficient (Wildman–Crippen LogP) is 4.45. The maximum atomic E-state index is 12.9. The topological polar surface area (TPSA) is 78.7 Å². The molecule has 34 heavy (non-hydrogen) atoms. The first-order chi connectivity index (χ1) is 16.4. The van der Waals surface area contributed by atoms with Crippen LogP contribution >= 0.6 is 11.6 Å². The summed E-state index contributed by atoms with van der Waals surface area (Å²) in [6.45, 7) is 5.98. The summed E-state index contributed by atoms with van der Waals surface area (Å²) in [5.41, 5.74) is 5.45. The fourth-order valence-corrected chi connectivity index (χ4v) is 3.58. The highest BCUT2D eigenvalue weighted by atomic mass is 35.5. The molecule has 8 heteroatoms. The zero-order valence-electron chi connectivity index (χ0n) is 19.5. The van der Waals surface area contributed by atoms with Gasteiger partial charge in [-0.2, -0.15) is 5.10 Å². The van der Waals surface area contributed by atoms with Crippen LogP contribution in [0, 0.1) is 0 Å². The number of nitrogens with one attached hydrogen (secondary N) is 2. The number of hydrazone groups is 1. The van der Waals surface area contributed by atoms with Gasteiger partial charge in [0.05, 0.1) is 22.5 Å². The van der Waals surface area contributed by atoms with Crippen LogP contribution in [0.15, 0.2) is 77.7 Å². The smallest absolute Gasteiger partial charge is 0.287 e.